The van der Waals surface area contributed by atoms with Crippen molar-refractivity contribution in [2.24, 2.45) is 17.8 Å². The number of aliphatic hydroxyl groups is 1. The van der Waals surface area contributed by atoms with Gasteiger partial charge in [-0.25, -0.2) is 9.97 Å². The molecule has 0 radical (unpaired) electrons. The van der Waals surface area contributed by atoms with Crippen molar-refractivity contribution >= 4 is 21.9 Å². The first-order valence-corrected chi connectivity index (χ1v) is 7.59. The minimum absolute atomic E-state index is 0.289. The molecule has 0 spiro atoms. The lowest BCUT2D eigenvalue weighted by atomic mass is 9.71. The second-order valence-electron chi connectivity index (χ2n) is 5.33. The summed E-state index contributed by atoms with van der Waals surface area (Å²) in [4.78, 5) is 11.0. The second kappa shape index (κ2) is 5.59. The molecular formula is C14H18BrN3O. The lowest BCUT2D eigenvalue weighted by molar-refractivity contribution is 0.160. The minimum atomic E-state index is 0.289. The first kappa shape index (κ1) is 13.1. The Labute approximate surface area is 121 Å². The van der Waals surface area contributed by atoms with Crippen LogP contribution in [0.25, 0.3) is 0 Å². The molecule has 2 heterocycles. The van der Waals surface area contributed by atoms with E-state index in [2.05, 4.69) is 42.9 Å². The maximum Gasteiger partial charge on any atom is 0.225 e. The molecule has 1 saturated heterocycles. The molecule has 1 N–H and O–H groups in total. The summed E-state index contributed by atoms with van der Waals surface area (Å²) in [5.41, 5.74) is 0. The molecule has 0 unspecified atom stereocenters. The smallest absolute Gasteiger partial charge is 0.225 e. The second-order valence-corrected chi connectivity index (χ2v) is 6.25. The molecule has 0 amide bonds. The average Bonchev–Trinajstić information content (AvgIpc) is 2.40. The van der Waals surface area contributed by atoms with Crippen molar-refractivity contribution in [2.45, 2.75) is 12.8 Å². The summed E-state index contributed by atoms with van der Waals surface area (Å²) in [6.07, 6.45) is 10.3. The SMILES string of the molecule is OC[C@@H]1C=C[C@@H]1C1CCN(c2ncc(Br)cn2)CC1. The van der Waals surface area contributed by atoms with E-state index >= 15 is 0 Å². The van der Waals surface area contributed by atoms with Crippen LogP contribution in [0, 0.1) is 17.8 Å². The van der Waals surface area contributed by atoms with Gasteiger partial charge in [-0.05, 0) is 40.6 Å². The summed E-state index contributed by atoms with van der Waals surface area (Å²) in [6, 6.07) is 0. The first-order chi connectivity index (χ1) is 9.28. The molecule has 1 aromatic rings. The van der Waals surface area contributed by atoms with Crippen LogP contribution in [-0.2, 0) is 0 Å². The van der Waals surface area contributed by atoms with Crippen molar-refractivity contribution in [3.05, 3.63) is 29.0 Å². The highest BCUT2D eigenvalue weighted by molar-refractivity contribution is 9.10. The largest absolute Gasteiger partial charge is 0.396 e. The first-order valence-electron chi connectivity index (χ1n) is 6.79. The van der Waals surface area contributed by atoms with Crippen molar-refractivity contribution in [1.29, 1.82) is 0 Å². The van der Waals surface area contributed by atoms with Gasteiger partial charge >= 0.3 is 0 Å². The predicted octanol–water partition coefficient (Wildman–Crippen LogP) is 2.25. The van der Waals surface area contributed by atoms with Gasteiger partial charge in [-0.1, -0.05) is 12.2 Å². The molecule has 0 aromatic carbocycles. The highest BCUT2D eigenvalue weighted by atomic mass is 79.9. The zero-order chi connectivity index (χ0) is 13.2. The van der Waals surface area contributed by atoms with Gasteiger partial charge in [-0.3, -0.25) is 0 Å². The number of aliphatic hydroxyl groups excluding tert-OH is 1. The van der Waals surface area contributed by atoms with E-state index < -0.39 is 0 Å². The van der Waals surface area contributed by atoms with Crippen LogP contribution in [0.15, 0.2) is 29.0 Å². The molecular weight excluding hydrogens is 306 g/mol. The fourth-order valence-corrected chi connectivity index (χ4v) is 3.24. The van der Waals surface area contributed by atoms with Gasteiger partial charge in [0, 0.05) is 38.0 Å². The van der Waals surface area contributed by atoms with E-state index in [0.29, 0.717) is 17.8 Å². The van der Waals surface area contributed by atoms with Crippen LogP contribution >= 0.6 is 15.9 Å². The summed E-state index contributed by atoms with van der Waals surface area (Å²) in [6.45, 7) is 2.31. The van der Waals surface area contributed by atoms with Crippen LogP contribution in [-0.4, -0.2) is 34.8 Å². The van der Waals surface area contributed by atoms with Crippen LogP contribution in [0.5, 0.6) is 0 Å². The molecule has 1 aliphatic carbocycles. The molecule has 19 heavy (non-hydrogen) atoms. The minimum Gasteiger partial charge on any atom is -0.396 e. The number of hydrogen-bond donors (Lipinski definition) is 1. The van der Waals surface area contributed by atoms with Crippen LogP contribution in [0.1, 0.15) is 12.8 Å². The lowest BCUT2D eigenvalue weighted by Gasteiger charge is -2.40. The lowest BCUT2D eigenvalue weighted by Crippen LogP contribution is -2.40. The normalized spacial score (nSPS) is 27.4. The Bertz CT molecular complexity index is 454. The van der Waals surface area contributed by atoms with Gasteiger partial charge in [0.25, 0.3) is 0 Å². The third kappa shape index (κ3) is 2.67. The highest BCUT2D eigenvalue weighted by Crippen LogP contribution is 2.37. The van der Waals surface area contributed by atoms with E-state index in [0.717, 1.165) is 36.4 Å². The van der Waals surface area contributed by atoms with Crippen molar-refractivity contribution in [1.82, 2.24) is 9.97 Å². The summed E-state index contributed by atoms with van der Waals surface area (Å²) in [5.74, 6) is 2.50. The van der Waals surface area contributed by atoms with Gasteiger partial charge in [-0.15, -0.1) is 0 Å². The number of anilines is 1. The molecule has 5 heteroatoms. The highest BCUT2D eigenvalue weighted by Gasteiger charge is 2.33. The third-order valence-electron chi connectivity index (χ3n) is 4.26. The maximum absolute atomic E-state index is 9.26. The zero-order valence-corrected chi connectivity index (χ0v) is 12.3. The molecule has 0 saturated carbocycles. The molecule has 2 aliphatic rings. The molecule has 102 valence electrons. The van der Waals surface area contributed by atoms with Crippen molar-refractivity contribution in [3.8, 4) is 0 Å². The van der Waals surface area contributed by atoms with E-state index in [9.17, 15) is 5.11 Å². The molecule has 1 fully saturated rings. The molecule has 3 rings (SSSR count). The number of halogens is 1. The standard InChI is InChI=1S/C14H18BrN3O/c15-12-7-16-14(17-8-12)18-5-3-10(4-6-18)13-2-1-11(13)9-19/h1-2,7-8,10-11,13,19H,3-6,9H2/t11-,13+/m0/s1. The van der Waals surface area contributed by atoms with Crippen LogP contribution in [0.2, 0.25) is 0 Å². The van der Waals surface area contributed by atoms with Gasteiger partial charge < -0.3 is 10.0 Å². The molecule has 2 atom stereocenters. The van der Waals surface area contributed by atoms with Gasteiger partial charge in [0.15, 0.2) is 0 Å². The van der Waals surface area contributed by atoms with E-state index in [4.69, 9.17) is 0 Å². The van der Waals surface area contributed by atoms with Crippen LogP contribution in [0.4, 0.5) is 5.95 Å². The Morgan fingerprint density at radius 1 is 1.21 bits per heavy atom. The number of rotatable bonds is 3. The quantitative estimate of drug-likeness (QED) is 0.867. The summed E-state index contributed by atoms with van der Waals surface area (Å²) in [5, 5.41) is 9.26. The Morgan fingerprint density at radius 2 is 1.89 bits per heavy atom. The molecule has 1 aliphatic heterocycles. The maximum atomic E-state index is 9.26. The third-order valence-corrected chi connectivity index (χ3v) is 4.67. The number of nitrogens with zero attached hydrogens (tertiary/aromatic N) is 3. The summed E-state index contributed by atoms with van der Waals surface area (Å²) >= 11 is 3.35. The topological polar surface area (TPSA) is 49.2 Å². The van der Waals surface area contributed by atoms with Crippen molar-refractivity contribution < 1.29 is 5.11 Å². The Morgan fingerprint density at radius 3 is 2.42 bits per heavy atom. The van der Waals surface area contributed by atoms with Crippen LogP contribution < -0.4 is 4.90 Å². The van der Waals surface area contributed by atoms with Crippen molar-refractivity contribution in [3.63, 3.8) is 0 Å². The van der Waals surface area contributed by atoms with Gasteiger partial charge in [0.2, 0.25) is 5.95 Å². The number of aromatic nitrogens is 2. The number of allylic oxidation sites excluding steroid dienone is 1. The average molecular weight is 324 g/mol. The monoisotopic (exact) mass is 323 g/mol. The Balaban J connectivity index is 1.57. The number of hydrogen-bond acceptors (Lipinski definition) is 4. The van der Waals surface area contributed by atoms with E-state index in [-0.39, 0.29) is 6.61 Å². The molecule has 1 aromatic heterocycles. The Kier molecular flexibility index (Phi) is 3.84. The Hall–Kier alpha value is -0.940. The van der Waals surface area contributed by atoms with Gasteiger partial charge in [0.05, 0.1) is 4.47 Å². The fourth-order valence-electron chi connectivity index (χ4n) is 3.04. The van der Waals surface area contributed by atoms with E-state index in [1.54, 1.807) is 12.4 Å². The zero-order valence-electron chi connectivity index (χ0n) is 10.7. The predicted molar refractivity (Wildman–Crippen MR) is 77.9 cm³/mol. The molecule has 4 nitrogen and oxygen atoms in total. The van der Waals surface area contributed by atoms with E-state index in [1.165, 1.54) is 0 Å². The van der Waals surface area contributed by atoms with Gasteiger partial charge in [-0.2, -0.15) is 0 Å². The fraction of sp³-hybridized carbons (Fsp3) is 0.571. The number of piperidine rings is 1. The van der Waals surface area contributed by atoms with E-state index in [1.807, 2.05) is 0 Å². The summed E-state index contributed by atoms with van der Waals surface area (Å²) < 4.78 is 0.913. The summed E-state index contributed by atoms with van der Waals surface area (Å²) in [7, 11) is 0. The van der Waals surface area contributed by atoms with Crippen molar-refractivity contribution in [2.75, 3.05) is 24.6 Å². The van der Waals surface area contributed by atoms with Crippen LogP contribution in [0.3, 0.4) is 0 Å². The molecule has 0 bridgehead atoms. The van der Waals surface area contributed by atoms with Gasteiger partial charge in [0.1, 0.15) is 0 Å².